The van der Waals surface area contributed by atoms with Gasteiger partial charge in [-0.15, -0.1) is 4.98 Å². The Hall–Kier alpha value is -3.37. The van der Waals surface area contributed by atoms with Gasteiger partial charge in [-0.2, -0.15) is 0 Å². The molecule has 0 N–H and O–H groups in total. The molecule has 200 valence electrons. The molecule has 7 heteroatoms. The maximum absolute atomic E-state index is 12.9. The van der Waals surface area contributed by atoms with Crippen LogP contribution in [0.25, 0.3) is 15.9 Å². The summed E-state index contributed by atoms with van der Waals surface area (Å²) < 4.78 is 7.61. The van der Waals surface area contributed by atoms with Crippen molar-refractivity contribution >= 4 is 22.5 Å². The quantitative estimate of drug-likeness (QED) is 0.324. The molecular formula is C31H39N5O2. The molecule has 3 atom stereocenters. The van der Waals surface area contributed by atoms with Crippen LogP contribution in [0.1, 0.15) is 64.5 Å². The molecule has 1 aromatic carbocycles. The molecule has 0 bridgehead atoms. The van der Waals surface area contributed by atoms with Crippen LogP contribution >= 0.6 is 0 Å². The summed E-state index contributed by atoms with van der Waals surface area (Å²) in [5.41, 5.74) is 3.58. The fraction of sp³-hybridized carbons (Fsp3) is 0.516. The molecular weight excluding hydrogens is 474 g/mol. The molecule has 3 heterocycles. The molecule has 0 radical (unpaired) electrons. The summed E-state index contributed by atoms with van der Waals surface area (Å²) in [4.78, 5) is 26.0. The molecule has 0 spiro atoms. The Bertz CT molecular complexity index is 1370. The number of nitrogens with zero attached hydrogens (tertiary/aromatic N) is 5. The molecule has 2 aromatic heterocycles. The number of rotatable bonds is 9. The number of piperazine rings is 1. The Morgan fingerprint density at radius 3 is 2.55 bits per heavy atom. The number of hydrogen-bond donors (Lipinski definition) is 0. The Balaban J connectivity index is 1.38. The number of aryl methyl sites for hydroxylation is 1. The molecule has 38 heavy (non-hydrogen) atoms. The molecule has 5 rings (SSSR count). The minimum atomic E-state index is -0.0570. The first-order chi connectivity index (χ1) is 18.4. The van der Waals surface area contributed by atoms with Gasteiger partial charge in [0, 0.05) is 44.3 Å². The van der Waals surface area contributed by atoms with Crippen LogP contribution in [0.3, 0.4) is 0 Å². The lowest BCUT2D eigenvalue weighted by molar-refractivity contribution is 0.0943. The van der Waals surface area contributed by atoms with Gasteiger partial charge < -0.3 is 19.0 Å². The second kappa shape index (κ2) is 11.2. The van der Waals surface area contributed by atoms with E-state index in [9.17, 15) is 4.79 Å². The van der Waals surface area contributed by atoms with Crippen molar-refractivity contribution in [2.45, 2.75) is 71.0 Å². The predicted octanol–water partition coefficient (Wildman–Crippen LogP) is 6.10. The topological polar surface area (TPSA) is 55.0 Å². The summed E-state index contributed by atoms with van der Waals surface area (Å²) in [6.45, 7) is 16.7. The van der Waals surface area contributed by atoms with Crippen molar-refractivity contribution in [3.63, 3.8) is 0 Å². The highest BCUT2D eigenvalue weighted by molar-refractivity contribution is 5.89. The average molecular weight is 514 g/mol. The lowest BCUT2D eigenvalue weighted by Gasteiger charge is -2.49. The standard InChI is InChI=1S/C31H39N5O2/c1-6-24-20-35(28-18-30(37)34(5)27-14-15-29(32-4)33-31(27)28)21(3)19-36(24)26(7-2)23-10-12-25(13-11-23)38-17-16-22-8-9-22/h10-15,18,21-22,24,26H,6-9,16-17,19-20H2,1-3,5H3/t21-,24+,26?/m0/s1. The van der Waals surface area contributed by atoms with E-state index in [2.05, 4.69) is 64.7 Å². The minimum absolute atomic E-state index is 0.0570. The third-order valence-corrected chi connectivity index (χ3v) is 8.38. The Morgan fingerprint density at radius 2 is 1.89 bits per heavy atom. The molecule has 2 fully saturated rings. The van der Waals surface area contributed by atoms with E-state index in [1.165, 1.54) is 18.4 Å². The van der Waals surface area contributed by atoms with Crippen LogP contribution in [0, 0.1) is 12.5 Å². The largest absolute Gasteiger partial charge is 0.494 e. The van der Waals surface area contributed by atoms with Crippen LogP contribution in [0.2, 0.25) is 0 Å². The highest BCUT2D eigenvalue weighted by Crippen LogP contribution is 2.36. The molecule has 1 unspecified atom stereocenters. The summed E-state index contributed by atoms with van der Waals surface area (Å²) in [6, 6.07) is 14.8. The highest BCUT2D eigenvalue weighted by Gasteiger charge is 2.36. The van der Waals surface area contributed by atoms with Gasteiger partial charge in [0.1, 0.15) is 5.75 Å². The fourth-order valence-corrected chi connectivity index (χ4v) is 5.93. The zero-order valence-corrected chi connectivity index (χ0v) is 23.1. The van der Waals surface area contributed by atoms with Crippen molar-refractivity contribution in [1.29, 1.82) is 0 Å². The van der Waals surface area contributed by atoms with Gasteiger partial charge in [-0.1, -0.05) is 45.4 Å². The summed E-state index contributed by atoms with van der Waals surface area (Å²) in [6.07, 6.45) is 5.92. The predicted molar refractivity (Wildman–Crippen MR) is 153 cm³/mol. The van der Waals surface area contributed by atoms with E-state index in [1.807, 2.05) is 6.07 Å². The van der Waals surface area contributed by atoms with Crippen LogP contribution < -0.4 is 15.2 Å². The maximum Gasteiger partial charge on any atom is 0.270 e. The Labute approximate surface area is 225 Å². The van der Waals surface area contributed by atoms with Gasteiger partial charge in [0.15, 0.2) is 0 Å². The first-order valence-corrected chi connectivity index (χ1v) is 14.1. The van der Waals surface area contributed by atoms with E-state index in [0.717, 1.165) is 67.3 Å². The fourth-order valence-electron chi connectivity index (χ4n) is 5.93. The summed E-state index contributed by atoms with van der Waals surface area (Å²) in [5, 5.41) is 0. The van der Waals surface area contributed by atoms with Gasteiger partial charge in [0.25, 0.3) is 11.4 Å². The number of fused-ring (bicyclic) bond motifs is 1. The minimum Gasteiger partial charge on any atom is -0.494 e. The molecule has 0 amide bonds. The second-order valence-corrected chi connectivity index (χ2v) is 10.9. The van der Waals surface area contributed by atoms with Crippen LogP contribution in [0.4, 0.5) is 11.5 Å². The molecule has 1 aliphatic carbocycles. The lowest BCUT2D eigenvalue weighted by Crippen LogP contribution is -2.58. The van der Waals surface area contributed by atoms with E-state index in [1.54, 1.807) is 23.7 Å². The number of ether oxygens (including phenoxy) is 1. The molecule has 3 aromatic rings. The first kappa shape index (κ1) is 26.2. The molecule has 7 nitrogen and oxygen atoms in total. The number of pyridine rings is 2. The lowest BCUT2D eigenvalue weighted by atomic mass is 9.95. The monoisotopic (exact) mass is 513 g/mol. The third kappa shape index (κ3) is 5.28. The SMILES string of the molecule is [C-]#[N+]c1ccc2c(n1)c(N1C[C@@H](CC)N(C(CC)c3ccc(OCCC4CC4)cc3)C[C@@H]1C)cc(=O)n2C. The van der Waals surface area contributed by atoms with Crippen molar-refractivity contribution in [1.82, 2.24) is 14.5 Å². The maximum atomic E-state index is 12.9. The van der Waals surface area contributed by atoms with Crippen LogP contribution in [0.15, 0.2) is 47.3 Å². The summed E-state index contributed by atoms with van der Waals surface area (Å²) in [7, 11) is 1.76. The van der Waals surface area contributed by atoms with Crippen LogP contribution in [0.5, 0.6) is 5.75 Å². The van der Waals surface area contributed by atoms with Gasteiger partial charge in [-0.25, -0.2) is 0 Å². The van der Waals surface area contributed by atoms with E-state index in [0.29, 0.717) is 17.9 Å². The van der Waals surface area contributed by atoms with E-state index in [-0.39, 0.29) is 11.6 Å². The zero-order chi connectivity index (χ0) is 26.8. The Kier molecular flexibility index (Phi) is 7.71. The van der Waals surface area contributed by atoms with Gasteiger partial charge in [-0.3, -0.25) is 9.69 Å². The molecule has 1 aliphatic heterocycles. The van der Waals surface area contributed by atoms with Crippen molar-refractivity contribution in [2.24, 2.45) is 13.0 Å². The van der Waals surface area contributed by atoms with Crippen molar-refractivity contribution in [2.75, 3.05) is 24.6 Å². The number of benzene rings is 1. The number of hydrogen-bond acceptors (Lipinski definition) is 5. The normalized spacial score (nSPS) is 20.9. The van der Waals surface area contributed by atoms with Gasteiger partial charge >= 0.3 is 0 Å². The molecule has 1 saturated heterocycles. The number of aromatic nitrogens is 2. The summed E-state index contributed by atoms with van der Waals surface area (Å²) in [5.74, 6) is 2.19. The average Bonchev–Trinajstić information content (AvgIpc) is 3.76. The zero-order valence-electron chi connectivity index (χ0n) is 23.1. The van der Waals surface area contributed by atoms with Crippen LogP contribution in [-0.4, -0.2) is 46.2 Å². The van der Waals surface area contributed by atoms with E-state index in [4.69, 9.17) is 11.3 Å². The van der Waals surface area contributed by atoms with E-state index < -0.39 is 0 Å². The third-order valence-electron chi connectivity index (χ3n) is 8.38. The van der Waals surface area contributed by atoms with Crippen molar-refractivity contribution in [3.8, 4) is 5.75 Å². The number of anilines is 1. The smallest absolute Gasteiger partial charge is 0.270 e. The second-order valence-electron chi connectivity index (χ2n) is 10.9. The van der Waals surface area contributed by atoms with Gasteiger partial charge in [0.05, 0.1) is 17.8 Å². The summed E-state index contributed by atoms with van der Waals surface area (Å²) >= 11 is 0. The highest BCUT2D eigenvalue weighted by atomic mass is 16.5. The van der Waals surface area contributed by atoms with Gasteiger partial charge in [-0.05, 0) is 61.9 Å². The van der Waals surface area contributed by atoms with Gasteiger partial charge in [0.2, 0.25) is 5.52 Å². The van der Waals surface area contributed by atoms with Crippen molar-refractivity contribution in [3.05, 3.63) is 69.8 Å². The molecule has 2 aliphatic rings. The molecule has 1 saturated carbocycles. The van der Waals surface area contributed by atoms with Crippen LogP contribution in [-0.2, 0) is 7.05 Å². The first-order valence-electron chi connectivity index (χ1n) is 14.1. The van der Waals surface area contributed by atoms with Crippen molar-refractivity contribution < 1.29 is 4.74 Å². The Morgan fingerprint density at radius 1 is 1.13 bits per heavy atom. The van der Waals surface area contributed by atoms with E-state index >= 15 is 0 Å².